The Hall–Kier alpha value is -1.58. The molecule has 0 unspecified atom stereocenters. The molecule has 0 aliphatic heterocycles. The van der Waals surface area contributed by atoms with Crippen LogP contribution in [0.5, 0.6) is 0 Å². The van der Waals surface area contributed by atoms with E-state index in [2.05, 4.69) is 20.4 Å². The number of hydrogen-bond donors (Lipinski definition) is 1. The highest BCUT2D eigenvalue weighted by atomic mass is 16.5. The first-order chi connectivity index (χ1) is 22.5. The largest absolute Gasteiger partial charge is 0.478 e. The number of carbonyl (C=O) groups excluding carboxylic acids is 1. The molecule has 0 heterocycles. The van der Waals surface area contributed by atoms with Crippen LogP contribution in [0.2, 0.25) is 0 Å². The first-order valence-electron chi connectivity index (χ1n) is 20.2. The lowest BCUT2D eigenvalue weighted by Crippen LogP contribution is -2.05. The van der Waals surface area contributed by atoms with Crippen LogP contribution < -0.4 is 0 Å². The maximum atomic E-state index is 11.2. The number of hydrogen-bond acceptors (Lipinski definition) is 3. The molecule has 0 bridgehead atoms. The molecule has 0 aromatic heterocycles. The van der Waals surface area contributed by atoms with E-state index in [0.717, 1.165) is 19.3 Å². The average Bonchev–Trinajstić information content (AvgIpc) is 3.04. The van der Waals surface area contributed by atoms with Gasteiger partial charge in [0.05, 0.1) is 6.61 Å². The fraction of sp³-hybridized carbons (Fsp3) is 0.857. The zero-order chi connectivity index (χ0) is 34.2. The Kier molecular flexibility index (Phi) is 41.9. The summed E-state index contributed by atoms with van der Waals surface area (Å²) in [5.41, 5.74) is 0.493. The molecule has 4 nitrogen and oxygen atoms in total. The van der Waals surface area contributed by atoms with E-state index in [1.165, 1.54) is 192 Å². The van der Waals surface area contributed by atoms with Crippen molar-refractivity contribution in [2.24, 2.45) is 0 Å². The molecule has 0 atom stereocenters. The lowest BCUT2D eigenvalue weighted by molar-refractivity contribution is -0.139. The van der Waals surface area contributed by atoms with Crippen molar-refractivity contribution in [2.75, 3.05) is 6.61 Å². The molecule has 0 fully saturated rings. The van der Waals surface area contributed by atoms with E-state index in [1.54, 1.807) is 13.0 Å². The Morgan fingerprint density at radius 1 is 0.500 bits per heavy atom. The molecular weight excluding hydrogens is 568 g/mol. The van der Waals surface area contributed by atoms with Crippen molar-refractivity contribution in [3.63, 3.8) is 0 Å². The lowest BCUT2D eigenvalue weighted by Gasteiger charge is -2.05. The van der Waals surface area contributed by atoms with Gasteiger partial charge in [0.25, 0.3) is 0 Å². The predicted molar refractivity (Wildman–Crippen MR) is 202 cm³/mol. The number of unbranched alkanes of at least 4 members (excludes halogenated alkanes) is 30. The van der Waals surface area contributed by atoms with Gasteiger partial charge in [-0.1, -0.05) is 213 Å². The van der Waals surface area contributed by atoms with Gasteiger partial charge in [-0.2, -0.15) is 0 Å². The summed E-state index contributed by atoms with van der Waals surface area (Å²) >= 11 is 0. The molecule has 0 spiro atoms. The van der Waals surface area contributed by atoms with Crippen LogP contribution in [0.3, 0.4) is 0 Å². The Labute approximate surface area is 288 Å². The van der Waals surface area contributed by atoms with Crippen LogP contribution >= 0.6 is 0 Å². The molecule has 0 aliphatic carbocycles. The normalized spacial score (nSPS) is 11.0. The van der Waals surface area contributed by atoms with Gasteiger partial charge in [0.15, 0.2) is 0 Å². The summed E-state index contributed by atoms with van der Waals surface area (Å²) < 4.78 is 5.09. The second-order valence-electron chi connectivity index (χ2n) is 13.7. The van der Waals surface area contributed by atoms with Crippen LogP contribution in [-0.4, -0.2) is 23.7 Å². The van der Waals surface area contributed by atoms with Crippen molar-refractivity contribution in [2.45, 2.75) is 226 Å². The standard InChI is InChI=1S/C24H46O2.C18H34O2/c1-4-5-6-7-8-9-10-11-12-13-14-15-16-17-18-19-20-21-22-26-24(25)23(2)3;1-2-3-4-5-6-7-8-9-10-11-12-13-14-15-16-17-18(19)20/h2,4-22H2,1,3H3;16-17H,2-15H2,1H3,(H,19,20). The number of carbonyl (C=O) groups is 2. The molecule has 0 amide bonds. The van der Waals surface area contributed by atoms with Gasteiger partial charge in [0, 0.05) is 11.6 Å². The number of carboxylic acids is 1. The summed E-state index contributed by atoms with van der Waals surface area (Å²) in [5, 5.41) is 8.43. The van der Waals surface area contributed by atoms with Gasteiger partial charge in [-0.25, -0.2) is 9.59 Å². The summed E-state index contributed by atoms with van der Waals surface area (Å²) in [6.07, 6.45) is 46.2. The third-order valence-corrected chi connectivity index (χ3v) is 8.81. The van der Waals surface area contributed by atoms with Gasteiger partial charge in [0.2, 0.25) is 0 Å². The molecule has 272 valence electrons. The van der Waals surface area contributed by atoms with E-state index in [0.29, 0.717) is 12.2 Å². The Morgan fingerprint density at radius 3 is 1.07 bits per heavy atom. The molecule has 1 N–H and O–H groups in total. The van der Waals surface area contributed by atoms with Crippen LogP contribution in [0.1, 0.15) is 226 Å². The smallest absolute Gasteiger partial charge is 0.333 e. The molecule has 4 heteroatoms. The van der Waals surface area contributed by atoms with Crippen molar-refractivity contribution in [3.8, 4) is 0 Å². The summed E-state index contributed by atoms with van der Waals surface area (Å²) in [7, 11) is 0. The van der Waals surface area contributed by atoms with E-state index < -0.39 is 5.97 Å². The number of esters is 1. The van der Waals surface area contributed by atoms with Gasteiger partial charge in [-0.3, -0.25) is 0 Å². The van der Waals surface area contributed by atoms with Gasteiger partial charge in [-0.05, 0) is 26.2 Å². The Morgan fingerprint density at radius 2 is 0.783 bits per heavy atom. The van der Waals surface area contributed by atoms with Crippen molar-refractivity contribution < 1.29 is 19.4 Å². The molecule has 0 saturated heterocycles. The zero-order valence-corrected chi connectivity index (χ0v) is 31.4. The fourth-order valence-corrected chi connectivity index (χ4v) is 5.76. The molecule has 0 saturated carbocycles. The van der Waals surface area contributed by atoms with Gasteiger partial charge >= 0.3 is 11.9 Å². The van der Waals surface area contributed by atoms with Crippen molar-refractivity contribution in [3.05, 3.63) is 24.3 Å². The van der Waals surface area contributed by atoms with Gasteiger partial charge in [-0.15, -0.1) is 0 Å². The Bertz CT molecular complexity index is 669. The number of ether oxygens (including phenoxy) is 1. The predicted octanol–water partition coefficient (Wildman–Crippen LogP) is 14.3. The summed E-state index contributed by atoms with van der Waals surface area (Å²) in [5.74, 6) is -1.09. The highest BCUT2D eigenvalue weighted by Crippen LogP contribution is 2.15. The molecule has 0 aliphatic rings. The molecule has 0 aromatic rings. The second-order valence-corrected chi connectivity index (χ2v) is 13.7. The summed E-state index contributed by atoms with van der Waals surface area (Å²) in [4.78, 5) is 21.4. The quantitative estimate of drug-likeness (QED) is 0.0422. The lowest BCUT2D eigenvalue weighted by atomic mass is 10.0. The highest BCUT2D eigenvalue weighted by Gasteiger charge is 2.02. The highest BCUT2D eigenvalue weighted by molar-refractivity contribution is 5.86. The molecule has 0 radical (unpaired) electrons. The van der Waals surface area contributed by atoms with E-state index in [-0.39, 0.29) is 5.97 Å². The molecule has 0 aromatic carbocycles. The summed E-state index contributed by atoms with van der Waals surface area (Å²) in [6, 6.07) is 0. The molecular formula is C42H80O4. The van der Waals surface area contributed by atoms with Crippen LogP contribution in [-0.2, 0) is 14.3 Å². The number of allylic oxidation sites excluding steroid dienone is 1. The minimum absolute atomic E-state index is 0.253. The molecule has 46 heavy (non-hydrogen) atoms. The van der Waals surface area contributed by atoms with E-state index in [9.17, 15) is 9.59 Å². The first-order valence-corrected chi connectivity index (χ1v) is 20.2. The number of aliphatic carboxylic acids is 1. The SMILES string of the molecule is C=C(C)C(=O)OCCCCCCCCCCCCCCCCCCCC.CCCCCCCCCCCCCCCC=CC(=O)O. The third kappa shape index (κ3) is 44.5. The average molecular weight is 649 g/mol. The first kappa shape index (κ1) is 46.5. The molecule has 0 rings (SSSR count). The fourth-order valence-electron chi connectivity index (χ4n) is 5.76. The van der Waals surface area contributed by atoms with Crippen molar-refractivity contribution >= 4 is 11.9 Å². The topological polar surface area (TPSA) is 63.6 Å². The maximum Gasteiger partial charge on any atom is 0.333 e. The maximum absolute atomic E-state index is 11.2. The minimum atomic E-state index is -0.834. The van der Waals surface area contributed by atoms with Crippen molar-refractivity contribution in [1.29, 1.82) is 0 Å². The van der Waals surface area contributed by atoms with E-state index in [1.807, 2.05) is 0 Å². The van der Waals surface area contributed by atoms with E-state index >= 15 is 0 Å². The number of rotatable bonds is 35. The second kappa shape index (κ2) is 41.4. The third-order valence-electron chi connectivity index (χ3n) is 8.81. The number of carboxylic acid groups (broad SMARTS) is 1. The van der Waals surface area contributed by atoms with Gasteiger partial charge < -0.3 is 9.84 Å². The van der Waals surface area contributed by atoms with E-state index in [4.69, 9.17) is 9.84 Å². The monoisotopic (exact) mass is 649 g/mol. The van der Waals surface area contributed by atoms with Crippen LogP contribution in [0.25, 0.3) is 0 Å². The van der Waals surface area contributed by atoms with Crippen molar-refractivity contribution in [1.82, 2.24) is 0 Å². The Balaban J connectivity index is 0. The van der Waals surface area contributed by atoms with Crippen LogP contribution in [0.15, 0.2) is 24.3 Å². The summed E-state index contributed by atoms with van der Waals surface area (Å²) in [6.45, 7) is 10.4. The van der Waals surface area contributed by atoms with Crippen LogP contribution in [0.4, 0.5) is 0 Å². The minimum Gasteiger partial charge on any atom is -0.478 e. The van der Waals surface area contributed by atoms with Crippen LogP contribution in [0, 0.1) is 0 Å². The zero-order valence-electron chi connectivity index (χ0n) is 31.4. The van der Waals surface area contributed by atoms with Gasteiger partial charge in [0.1, 0.15) is 0 Å².